The van der Waals surface area contributed by atoms with Crippen LogP contribution in [0.1, 0.15) is 11.4 Å². The van der Waals surface area contributed by atoms with E-state index < -0.39 is 0 Å². The molecule has 2 rings (SSSR count). The Balaban J connectivity index is 1.92. The summed E-state index contributed by atoms with van der Waals surface area (Å²) in [6.07, 6.45) is 1.99. The van der Waals surface area contributed by atoms with Gasteiger partial charge in [0.1, 0.15) is 0 Å². The zero-order valence-corrected chi connectivity index (χ0v) is 11.4. The zero-order chi connectivity index (χ0) is 14.4. The number of ether oxygens (including phenoxy) is 2. The Labute approximate surface area is 116 Å². The lowest BCUT2D eigenvalue weighted by Gasteiger charge is -2.11. The first-order valence-corrected chi connectivity index (χ1v) is 6.14. The second kappa shape index (κ2) is 6.76. The lowest BCUT2D eigenvalue weighted by molar-refractivity contribution is 0.339. The Kier molecular flexibility index (Phi) is 4.78. The number of hydrogen-bond donors (Lipinski definition) is 2. The molecule has 20 heavy (non-hydrogen) atoms. The van der Waals surface area contributed by atoms with Crippen LogP contribution in [0.4, 0.5) is 0 Å². The molecule has 0 unspecified atom stereocenters. The first-order valence-electron chi connectivity index (χ1n) is 6.14. The average molecular weight is 279 g/mol. The van der Waals surface area contributed by atoms with Crippen LogP contribution in [0.3, 0.4) is 0 Å². The largest absolute Gasteiger partial charge is 0.502 e. The fourth-order valence-corrected chi connectivity index (χ4v) is 1.79. The molecule has 0 radical (unpaired) electrons. The van der Waals surface area contributed by atoms with Crippen molar-refractivity contribution in [3.63, 3.8) is 0 Å². The third-order valence-electron chi connectivity index (χ3n) is 2.80. The van der Waals surface area contributed by atoms with Crippen LogP contribution in [0, 0.1) is 0 Å². The smallest absolute Gasteiger partial charge is 0.213 e. The second-order valence-corrected chi connectivity index (χ2v) is 4.12. The van der Waals surface area contributed by atoms with E-state index in [0.29, 0.717) is 36.8 Å². The van der Waals surface area contributed by atoms with Crippen molar-refractivity contribution >= 4 is 0 Å². The molecule has 7 nitrogen and oxygen atoms in total. The molecular formula is C13H17N3O4. The van der Waals surface area contributed by atoms with Gasteiger partial charge in [-0.15, -0.1) is 0 Å². The average Bonchev–Trinajstić information content (AvgIpc) is 2.98. The molecule has 0 aliphatic carbocycles. The van der Waals surface area contributed by atoms with Gasteiger partial charge >= 0.3 is 0 Å². The lowest BCUT2D eigenvalue weighted by Crippen LogP contribution is -2.17. The van der Waals surface area contributed by atoms with E-state index in [0.717, 1.165) is 5.56 Å². The van der Waals surface area contributed by atoms with E-state index >= 15 is 0 Å². The van der Waals surface area contributed by atoms with Crippen molar-refractivity contribution in [3.8, 4) is 17.2 Å². The van der Waals surface area contributed by atoms with E-state index in [4.69, 9.17) is 9.47 Å². The molecule has 0 spiro atoms. The molecule has 108 valence electrons. The molecular weight excluding hydrogens is 262 g/mol. The lowest BCUT2D eigenvalue weighted by atomic mass is 10.2. The quantitative estimate of drug-likeness (QED) is 0.734. The maximum Gasteiger partial charge on any atom is 0.213 e. The van der Waals surface area contributed by atoms with E-state index in [1.165, 1.54) is 20.6 Å². The van der Waals surface area contributed by atoms with Crippen LogP contribution in [0.2, 0.25) is 0 Å². The minimum Gasteiger partial charge on any atom is -0.502 e. The Hall–Kier alpha value is -2.28. The number of aromatic nitrogens is 2. The number of hydrogen-bond acceptors (Lipinski definition) is 7. The van der Waals surface area contributed by atoms with Crippen LogP contribution < -0.4 is 14.8 Å². The predicted molar refractivity (Wildman–Crippen MR) is 70.9 cm³/mol. The summed E-state index contributed by atoms with van der Waals surface area (Å²) in [5, 5.41) is 16.8. The fourth-order valence-electron chi connectivity index (χ4n) is 1.79. The fraction of sp³-hybridized carbons (Fsp3) is 0.385. The minimum absolute atomic E-state index is 0.00514. The highest BCUT2D eigenvalue weighted by Crippen LogP contribution is 2.36. The molecule has 0 atom stereocenters. The van der Waals surface area contributed by atoms with Crippen molar-refractivity contribution in [1.29, 1.82) is 0 Å². The highest BCUT2D eigenvalue weighted by atomic mass is 16.5. The minimum atomic E-state index is 0.00514. The van der Waals surface area contributed by atoms with Gasteiger partial charge in [-0.25, -0.2) is 0 Å². The van der Waals surface area contributed by atoms with Crippen molar-refractivity contribution < 1.29 is 19.1 Å². The molecule has 0 saturated heterocycles. The number of phenols is 1. The molecule has 2 aromatic rings. The third-order valence-corrected chi connectivity index (χ3v) is 2.80. The molecule has 0 aliphatic heterocycles. The molecule has 2 N–H and O–H groups in total. The molecule has 7 heteroatoms. The number of phenolic OH excluding ortho intramolecular Hbond substituents is 1. The van der Waals surface area contributed by atoms with Crippen LogP contribution >= 0.6 is 0 Å². The van der Waals surface area contributed by atoms with Crippen LogP contribution in [0.25, 0.3) is 0 Å². The van der Waals surface area contributed by atoms with Gasteiger partial charge in [-0.3, -0.25) is 0 Å². The van der Waals surface area contributed by atoms with Crippen LogP contribution in [0.5, 0.6) is 17.2 Å². The number of aromatic hydroxyl groups is 1. The Morgan fingerprint density at radius 1 is 1.25 bits per heavy atom. The molecule has 0 bridgehead atoms. The first-order chi connectivity index (χ1) is 9.74. The highest BCUT2D eigenvalue weighted by Gasteiger charge is 2.10. The van der Waals surface area contributed by atoms with Crippen LogP contribution in [-0.2, 0) is 13.0 Å². The number of rotatable bonds is 7. The van der Waals surface area contributed by atoms with Gasteiger partial charge in [-0.1, -0.05) is 5.16 Å². The van der Waals surface area contributed by atoms with Crippen molar-refractivity contribution in [3.05, 3.63) is 29.9 Å². The first kappa shape index (κ1) is 14.1. The van der Waals surface area contributed by atoms with Gasteiger partial charge in [0.25, 0.3) is 0 Å². The summed E-state index contributed by atoms with van der Waals surface area (Å²) in [7, 11) is 3.00. The third kappa shape index (κ3) is 3.39. The topological polar surface area (TPSA) is 89.6 Å². The van der Waals surface area contributed by atoms with Crippen molar-refractivity contribution in [2.75, 3.05) is 20.8 Å². The summed E-state index contributed by atoms with van der Waals surface area (Å²) in [5.41, 5.74) is 0.949. The van der Waals surface area contributed by atoms with Crippen molar-refractivity contribution in [2.24, 2.45) is 0 Å². The summed E-state index contributed by atoms with van der Waals surface area (Å²) in [6.45, 7) is 1.33. The molecule has 0 amide bonds. The van der Waals surface area contributed by atoms with E-state index in [1.54, 1.807) is 12.1 Å². The van der Waals surface area contributed by atoms with Crippen LogP contribution in [0.15, 0.2) is 23.0 Å². The molecule has 1 aromatic carbocycles. The number of benzene rings is 1. The van der Waals surface area contributed by atoms with Gasteiger partial charge in [0.2, 0.25) is 12.1 Å². The van der Waals surface area contributed by atoms with E-state index in [1.807, 2.05) is 0 Å². The normalized spacial score (nSPS) is 10.5. The van der Waals surface area contributed by atoms with Gasteiger partial charge in [-0.2, -0.15) is 4.98 Å². The monoisotopic (exact) mass is 279 g/mol. The van der Waals surface area contributed by atoms with Crippen molar-refractivity contribution in [1.82, 2.24) is 15.5 Å². The standard InChI is InChI=1S/C13H17N3O4/c1-18-10-5-9(6-11(19-2)13(10)17)7-14-4-3-12-15-8-20-16-12/h5-6,8,14,17H,3-4,7H2,1-2H3. The van der Waals surface area contributed by atoms with E-state index in [-0.39, 0.29) is 5.75 Å². The van der Waals surface area contributed by atoms with E-state index in [9.17, 15) is 5.11 Å². The van der Waals surface area contributed by atoms with Crippen molar-refractivity contribution in [2.45, 2.75) is 13.0 Å². The van der Waals surface area contributed by atoms with Gasteiger partial charge in [0.15, 0.2) is 17.3 Å². The Morgan fingerprint density at radius 3 is 2.50 bits per heavy atom. The van der Waals surface area contributed by atoms with Crippen LogP contribution in [-0.4, -0.2) is 36.0 Å². The second-order valence-electron chi connectivity index (χ2n) is 4.12. The Morgan fingerprint density at radius 2 is 1.95 bits per heavy atom. The maximum absolute atomic E-state index is 9.81. The number of methoxy groups -OCH3 is 2. The highest BCUT2D eigenvalue weighted by molar-refractivity contribution is 5.52. The maximum atomic E-state index is 9.81. The summed E-state index contributed by atoms with van der Waals surface area (Å²) in [5.74, 6) is 1.45. The van der Waals surface area contributed by atoms with Gasteiger partial charge in [-0.05, 0) is 17.7 Å². The molecule has 0 fully saturated rings. The number of nitrogens with zero attached hydrogens (tertiary/aromatic N) is 2. The zero-order valence-electron chi connectivity index (χ0n) is 11.4. The summed E-state index contributed by atoms with van der Waals surface area (Å²) in [4.78, 5) is 3.94. The predicted octanol–water partition coefficient (Wildman–Crippen LogP) is 1.12. The molecule has 1 heterocycles. The van der Waals surface area contributed by atoms with Gasteiger partial charge in [0, 0.05) is 19.5 Å². The summed E-state index contributed by atoms with van der Waals surface area (Å²) in [6, 6.07) is 3.53. The van der Waals surface area contributed by atoms with E-state index in [2.05, 4.69) is 20.0 Å². The Bertz CT molecular complexity index is 518. The molecule has 0 saturated carbocycles. The molecule has 0 aliphatic rings. The summed E-state index contributed by atoms with van der Waals surface area (Å²) >= 11 is 0. The molecule has 1 aromatic heterocycles. The SMILES string of the molecule is COc1cc(CNCCc2ncon2)cc(OC)c1O. The number of nitrogens with one attached hydrogen (secondary N) is 1. The van der Waals surface area contributed by atoms with Gasteiger partial charge < -0.3 is 24.4 Å². The van der Waals surface area contributed by atoms with Gasteiger partial charge in [0.05, 0.1) is 14.2 Å². The summed E-state index contributed by atoms with van der Waals surface area (Å²) < 4.78 is 14.9.